The fourth-order valence-corrected chi connectivity index (χ4v) is 1.69. The van der Waals surface area contributed by atoms with E-state index in [0.717, 1.165) is 4.48 Å². The van der Waals surface area contributed by atoms with E-state index in [1.807, 2.05) is 0 Å². The number of thiophene rings is 1. The molecule has 0 aliphatic heterocycles. The molecule has 1 heterocycles. The third-order valence-electron chi connectivity index (χ3n) is 1.01. The molecule has 1 aromatic rings. The molecule has 0 fully saturated rings. The zero-order valence-electron chi connectivity index (χ0n) is 5.15. The van der Waals surface area contributed by atoms with Crippen molar-refractivity contribution < 1.29 is 0 Å². The molecular weight excluding hydrogens is 196 g/mol. The normalized spacial score (nSPS) is 9.56. The van der Waals surface area contributed by atoms with Crippen LogP contribution in [0.15, 0.2) is 18.7 Å². The van der Waals surface area contributed by atoms with Crippen LogP contribution in [0.25, 0.3) is 4.48 Å². The van der Waals surface area contributed by atoms with Crippen molar-refractivity contribution in [1.82, 2.24) is 0 Å². The minimum absolute atomic E-state index is 0.973. The van der Waals surface area contributed by atoms with E-state index in [1.54, 1.807) is 11.3 Å². The predicted molar refractivity (Wildman–Crippen MR) is 47.0 cm³/mol. The molecule has 0 aliphatic carbocycles. The lowest BCUT2D eigenvalue weighted by atomic mass is 10.4. The van der Waals surface area contributed by atoms with E-state index >= 15 is 0 Å². The van der Waals surface area contributed by atoms with Gasteiger partial charge < -0.3 is 0 Å². The Hall–Kier alpha value is -0.0800. The van der Waals surface area contributed by atoms with Crippen molar-refractivity contribution in [2.75, 3.05) is 0 Å². The second-order valence-electron chi connectivity index (χ2n) is 1.82. The summed E-state index contributed by atoms with van der Waals surface area (Å²) in [6.45, 7) is 5.85. The SMILES string of the molecule is C=C(Br)c1ccc(C)s1. The van der Waals surface area contributed by atoms with Gasteiger partial charge in [0.1, 0.15) is 0 Å². The van der Waals surface area contributed by atoms with E-state index in [1.165, 1.54) is 9.75 Å². The first kappa shape index (κ1) is 7.03. The lowest BCUT2D eigenvalue weighted by molar-refractivity contribution is 1.64. The molecule has 0 amide bonds. The Morgan fingerprint density at radius 3 is 2.56 bits per heavy atom. The lowest BCUT2D eigenvalue weighted by Crippen LogP contribution is -1.57. The van der Waals surface area contributed by atoms with Crippen LogP contribution >= 0.6 is 27.3 Å². The average molecular weight is 203 g/mol. The maximum Gasteiger partial charge on any atom is 0.0409 e. The molecule has 48 valence electrons. The summed E-state index contributed by atoms with van der Waals surface area (Å²) in [7, 11) is 0. The van der Waals surface area contributed by atoms with Crippen LogP contribution in [-0.2, 0) is 0 Å². The van der Waals surface area contributed by atoms with Gasteiger partial charge in [0.05, 0.1) is 0 Å². The molecule has 0 bridgehead atoms. The Morgan fingerprint density at radius 2 is 2.33 bits per heavy atom. The molecule has 0 saturated carbocycles. The summed E-state index contributed by atoms with van der Waals surface area (Å²) in [5, 5.41) is 0. The molecule has 0 radical (unpaired) electrons. The topological polar surface area (TPSA) is 0 Å². The largest absolute Gasteiger partial charge is 0.140 e. The predicted octanol–water partition coefficient (Wildman–Crippen LogP) is 3.42. The third-order valence-corrected chi connectivity index (χ3v) is 2.76. The van der Waals surface area contributed by atoms with Crippen LogP contribution in [0.2, 0.25) is 0 Å². The number of hydrogen-bond acceptors (Lipinski definition) is 1. The maximum absolute atomic E-state index is 3.77. The summed E-state index contributed by atoms with van der Waals surface area (Å²) in [5.74, 6) is 0. The van der Waals surface area contributed by atoms with Crippen molar-refractivity contribution in [2.45, 2.75) is 6.92 Å². The van der Waals surface area contributed by atoms with Gasteiger partial charge in [0.2, 0.25) is 0 Å². The van der Waals surface area contributed by atoms with Gasteiger partial charge in [-0.25, -0.2) is 0 Å². The highest BCUT2D eigenvalue weighted by molar-refractivity contribution is 9.15. The molecule has 1 aromatic heterocycles. The maximum atomic E-state index is 3.77. The third kappa shape index (κ3) is 1.66. The summed E-state index contributed by atoms with van der Waals surface area (Å²) in [6.07, 6.45) is 0. The highest BCUT2D eigenvalue weighted by atomic mass is 79.9. The highest BCUT2D eigenvalue weighted by Gasteiger charge is 1.95. The summed E-state index contributed by atoms with van der Waals surface area (Å²) < 4.78 is 0.973. The van der Waals surface area contributed by atoms with Crippen LogP contribution < -0.4 is 0 Å². The van der Waals surface area contributed by atoms with Crippen molar-refractivity contribution in [2.24, 2.45) is 0 Å². The van der Waals surface area contributed by atoms with Gasteiger partial charge in [0, 0.05) is 14.2 Å². The molecule has 0 atom stereocenters. The molecule has 2 heteroatoms. The van der Waals surface area contributed by atoms with Crippen LogP contribution in [0.5, 0.6) is 0 Å². The molecule has 0 unspecified atom stereocenters. The van der Waals surface area contributed by atoms with Crippen LogP contribution in [-0.4, -0.2) is 0 Å². The van der Waals surface area contributed by atoms with Crippen molar-refractivity contribution in [3.8, 4) is 0 Å². The first-order valence-corrected chi connectivity index (χ1v) is 4.22. The van der Waals surface area contributed by atoms with Crippen molar-refractivity contribution in [3.05, 3.63) is 28.5 Å². The molecular formula is C7H7BrS. The molecule has 0 N–H and O–H groups in total. The molecule has 0 nitrogen and oxygen atoms in total. The van der Waals surface area contributed by atoms with Crippen LogP contribution in [0, 0.1) is 6.92 Å². The Bertz CT molecular complexity index is 225. The van der Waals surface area contributed by atoms with Crippen LogP contribution in [0.3, 0.4) is 0 Å². The summed E-state index contributed by atoms with van der Waals surface area (Å²) >= 11 is 5.06. The van der Waals surface area contributed by atoms with Crippen molar-refractivity contribution in [1.29, 1.82) is 0 Å². The van der Waals surface area contributed by atoms with Gasteiger partial charge in [0.15, 0.2) is 0 Å². The van der Waals surface area contributed by atoms with E-state index in [2.05, 4.69) is 41.6 Å². The minimum atomic E-state index is 0.973. The summed E-state index contributed by atoms with van der Waals surface area (Å²) in [6, 6.07) is 4.16. The standard InChI is InChI=1S/C7H7BrS/c1-5-3-4-7(9-5)6(2)8/h3-4H,2H2,1H3. The first-order valence-electron chi connectivity index (χ1n) is 2.61. The smallest absolute Gasteiger partial charge is 0.0409 e. The van der Waals surface area contributed by atoms with Gasteiger partial charge in [0.25, 0.3) is 0 Å². The number of aryl methyl sites for hydroxylation is 1. The highest BCUT2D eigenvalue weighted by Crippen LogP contribution is 2.25. The number of rotatable bonds is 1. The van der Waals surface area contributed by atoms with Crippen molar-refractivity contribution in [3.63, 3.8) is 0 Å². The number of hydrogen-bond donors (Lipinski definition) is 0. The monoisotopic (exact) mass is 202 g/mol. The van der Waals surface area contributed by atoms with Gasteiger partial charge >= 0.3 is 0 Å². The summed E-state index contributed by atoms with van der Waals surface area (Å²) in [5.41, 5.74) is 0. The lowest BCUT2D eigenvalue weighted by Gasteiger charge is -1.85. The first-order chi connectivity index (χ1) is 4.20. The molecule has 0 saturated heterocycles. The zero-order chi connectivity index (χ0) is 6.85. The van der Waals surface area contributed by atoms with Crippen LogP contribution in [0.1, 0.15) is 9.75 Å². The molecule has 1 rings (SSSR count). The summed E-state index contributed by atoms with van der Waals surface area (Å²) in [4.78, 5) is 2.54. The molecule has 9 heavy (non-hydrogen) atoms. The quantitative estimate of drug-likeness (QED) is 0.655. The Morgan fingerprint density at radius 1 is 1.67 bits per heavy atom. The Kier molecular flexibility index (Phi) is 2.09. The average Bonchev–Trinajstić information content (AvgIpc) is 2.14. The second kappa shape index (κ2) is 2.67. The van der Waals surface area contributed by atoms with E-state index in [-0.39, 0.29) is 0 Å². The fourth-order valence-electron chi connectivity index (χ4n) is 0.580. The molecule has 0 aliphatic rings. The van der Waals surface area contributed by atoms with Gasteiger partial charge in [-0.05, 0) is 35.0 Å². The minimum Gasteiger partial charge on any atom is -0.140 e. The Balaban J connectivity index is 2.98. The second-order valence-corrected chi connectivity index (χ2v) is 4.06. The van der Waals surface area contributed by atoms with Gasteiger partial charge in [-0.15, -0.1) is 11.3 Å². The van der Waals surface area contributed by atoms with Crippen LogP contribution in [0.4, 0.5) is 0 Å². The van der Waals surface area contributed by atoms with Gasteiger partial charge in [-0.2, -0.15) is 0 Å². The van der Waals surface area contributed by atoms with E-state index < -0.39 is 0 Å². The van der Waals surface area contributed by atoms with E-state index in [9.17, 15) is 0 Å². The number of halogens is 1. The molecule has 0 spiro atoms. The van der Waals surface area contributed by atoms with Gasteiger partial charge in [-0.1, -0.05) is 6.58 Å². The van der Waals surface area contributed by atoms with E-state index in [0.29, 0.717) is 0 Å². The van der Waals surface area contributed by atoms with Gasteiger partial charge in [-0.3, -0.25) is 0 Å². The Labute approximate surface area is 67.3 Å². The van der Waals surface area contributed by atoms with Crippen molar-refractivity contribution >= 4 is 31.7 Å². The molecule has 0 aromatic carbocycles. The fraction of sp³-hybridized carbons (Fsp3) is 0.143. The van der Waals surface area contributed by atoms with E-state index in [4.69, 9.17) is 0 Å². The zero-order valence-corrected chi connectivity index (χ0v) is 7.55.